The second-order valence-corrected chi connectivity index (χ2v) is 3.07. The molecule has 1 rings (SSSR count). The average Bonchev–Trinajstić information content (AvgIpc) is 2.08. The van der Waals surface area contributed by atoms with Crippen molar-refractivity contribution < 1.29 is 4.39 Å². The smallest absolute Gasteiger partial charge is 0.119 e. The summed E-state index contributed by atoms with van der Waals surface area (Å²) in [4.78, 5) is 0. The van der Waals surface area contributed by atoms with Crippen LogP contribution in [0.4, 0.5) is 4.39 Å². The van der Waals surface area contributed by atoms with Gasteiger partial charge in [0.15, 0.2) is 0 Å². The lowest BCUT2D eigenvalue weighted by Gasteiger charge is -2.01. The monoisotopic (exact) mass is 176 g/mol. The Kier molecular flexibility index (Phi) is 3.44. The van der Waals surface area contributed by atoms with Crippen LogP contribution >= 0.6 is 0 Å². The molecular formula is C12H13F. The quantitative estimate of drug-likeness (QED) is 0.560. The summed E-state index contributed by atoms with van der Waals surface area (Å²) in [6.07, 6.45) is 11.3. The summed E-state index contributed by atoms with van der Waals surface area (Å²) < 4.78 is 12.5. The predicted molar refractivity (Wildman–Crippen MR) is 55.0 cm³/mol. The van der Waals surface area contributed by atoms with Crippen LogP contribution in [0.15, 0.2) is 60.0 Å². The minimum absolute atomic E-state index is 0.152. The Balaban J connectivity index is 2.56. The molecule has 0 amide bonds. The zero-order valence-electron chi connectivity index (χ0n) is 7.76. The van der Waals surface area contributed by atoms with Crippen LogP contribution in [0.25, 0.3) is 0 Å². The van der Waals surface area contributed by atoms with Crippen molar-refractivity contribution in [3.63, 3.8) is 0 Å². The summed E-state index contributed by atoms with van der Waals surface area (Å²) in [5.74, 6) is -0.152. The summed E-state index contributed by atoms with van der Waals surface area (Å²) in [5, 5.41) is 0. The van der Waals surface area contributed by atoms with Crippen LogP contribution in [-0.4, -0.2) is 0 Å². The van der Waals surface area contributed by atoms with Crippen LogP contribution in [0.1, 0.15) is 13.3 Å². The molecule has 0 spiro atoms. The molecule has 0 aliphatic heterocycles. The number of hydrogen-bond donors (Lipinski definition) is 0. The molecule has 1 aliphatic carbocycles. The fourth-order valence-corrected chi connectivity index (χ4v) is 0.998. The van der Waals surface area contributed by atoms with Gasteiger partial charge in [-0.2, -0.15) is 0 Å². The Hall–Kier alpha value is -1.37. The van der Waals surface area contributed by atoms with E-state index < -0.39 is 0 Å². The Labute approximate surface area is 78.5 Å². The summed E-state index contributed by atoms with van der Waals surface area (Å²) >= 11 is 0. The maximum absolute atomic E-state index is 12.5. The number of halogens is 1. The lowest BCUT2D eigenvalue weighted by Crippen LogP contribution is -1.82. The van der Waals surface area contributed by atoms with E-state index in [1.165, 1.54) is 6.08 Å². The van der Waals surface area contributed by atoms with Crippen molar-refractivity contribution in [2.75, 3.05) is 0 Å². The molecular weight excluding hydrogens is 163 g/mol. The van der Waals surface area contributed by atoms with Gasteiger partial charge in [0.05, 0.1) is 0 Å². The highest BCUT2D eigenvalue weighted by Gasteiger charge is 1.97. The van der Waals surface area contributed by atoms with Gasteiger partial charge in [-0.3, -0.25) is 0 Å². The Morgan fingerprint density at radius 1 is 1.54 bits per heavy atom. The maximum Gasteiger partial charge on any atom is 0.119 e. The minimum atomic E-state index is -0.152. The molecule has 68 valence electrons. The van der Waals surface area contributed by atoms with Gasteiger partial charge in [-0.1, -0.05) is 36.5 Å². The molecule has 0 radical (unpaired) electrons. The van der Waals surface area contributed by atoms with Crippen molar-refractivity contribution in [1.82, 2.24) is 0 Å². The van der Waals surface area contributed by atoms with E-state index in [4.69, 9.17) is 0 Å². The largest absolute Gasteiger partial charge is 0.207 e. The Morgan fingerprint density at radius 2 is 2.31 bits per heavy atom. The normalized spacial score (nSPS) is 19.5. The number of hydrogen-bond acceptors (Lipinski definition) is 0. The van der Waals surface area contributed by atoms with E-state index in [0.717, 1.165) is 11.1 Å². The van der Waals surface area contributed by atoms with Gasteiger partial charge in [-0.25, -0.2) is 4.39 Å². The van der Waals surface area contributed by atoms with Crippen molar-refractivity contribution in [2.45, 2.75) is 13.3 Å². The van der Waals surface area contributed by atoms with E-state index in [9.17, 15) is 4.39 Å². The molecule has 1 aliphatic rings. The molecule has 0 aromatic heterocycles. The molecule has 0 aromatic rings. The van der Waals surface area contributed by atoms with Crippen molar-refractivity contribution in [1.29, 1.82) is 0 Å². The Morgan fingerprint density at radius 3 is 2.85 bits per heavy atom. The van der Waals surface area contributed by atoms with E-state index in [2.05, 4.69) is 6.58 Å². The molecule has 1 heteroatoms. The molecule has 0 bridgehead atoms. The van der Waals surface area contributed by atoms with E-state index in [-0.39, 0.29) is 5.83 Å². The van der Waals surface area contributed by atoms with Gasteiger partial charge in [-0.05, 0) is 31.1 Å². The van der Waals surface area contributed by atoms with E-state index in [0.29, 0.717) is 6.42 Å². The van der Waals surface area contributed by atoms with E-state index >= 15 is 0 Å². The fourth-order valence-electron chi connectivity index (χ4n) is 0.998. The highest BCUT2D eigenvalue weighted by molar-refractivity contribution is 5.35. The van der Waals surface area contributed by atoms with Gasteiger partial charge in [0.1, 0.15) is 5.83 Å². The first kappa shape index (κ1) is 9.72. The lowest BCUT2D eigenvalue weighted by atomic mass is 10.1. The first-order valence-corrected chi connectivity index (χ1v) is 4.25. The summed E-state index contributed by atoms with van der Waals surface area (Å²) in [6, 6.07) is 0. The molecule has 0 unspecified atom stereocenters. The SMILES string of the molecule is C=C(C)/C=C\C=C1\C=CC(F)=CC1. The number of allylic oxidation sites excluding steroid dienone is 9. The van der Waals surface area contributed by atoms with Gasteiger partial charge in [0.25, 0.3) is 0 Å². The average molecular weight is 176 g/mol. The van der Waals surface area contributed by atoms with Crippen LogP contribution in [0, 0.1) is 0 Å². The minimum Gasteiger partial charge on any atom is -0.207 e. The van der Waals surface area contributed by atoms with Crippen LogP contribution < -0.4 is 0 Å². The third-order valence-electron chi connectivity index (χ3n) is 1.68. The van der Waals surface area contributed by atoms with Gasteiger partial charge in [0, 0.05) is 0 Å². The van der Waals surface area contributed by atoms with Crippen molar-refractivity contribution >= 4 is 0 Å². The molecule has 0 aromatic carbocycles. The summed E-state index contributed by atoms with van der Waals surface area (Å²) in [7, 11) is 0. The third kappa shape index (κ3) is 3.70. The van der Waals surface area contributed by atoms with E-state index in [1.807, 2.05) is 25.2 Å². The second kappa shape index (κ2) is 4.61. The molecule has 0 atom stereocenters. The second-order valence-electron chi connectivity index (χ2n) is 3.07. The molecule has 0 nitrogen and oxygen atoms in total. The topological polar surface area (TPSA) is 0 Å². The van der Waals surface area contributed by atoms with Gasteiger partial charge in [-0.15, -0.1) is 0 Å². The Bertz CT molecular complexity index is 314. The van der Waals surface area contributed by atoms with Crippen molar-refractivity contribution in [3.8, 4) is 0 Å². The number of rotatable bonds is 2. The van der Waals surface area contributed by atoms with Crippen LogP contribution in [0.2, 0.25) is 0 Å². The molecule has 13 heavy (non-hydrogen) atoms. The van der Waals surface area contributed by atoms with E-state index in [1.54, 1.807) is 12.2 Å². The van der Waals surface area contributed by atoms with Gasteiger partial charge in [0.2, 0.25) is 0 Å². The zero-order valence-corrected chi connectivity index (χ0v) is 7.76. The van der Waals surface area contributed by atoms with Crippen LogP contribution in [0.3, 0.4) is 0 Å². The molecule has 0 saturated heterocycles. The van der Waals surface area contributed by atoms with Gasteiger partial charge >= 0.3 is 0 Å². The van der Waals surface area contributed by atoms with Crippen molar-refractivity contribution in [3.05, 3.63) is 60.0 Å². The first-order valence-electron chi connectivity index (χ1n) is 4.25. The lowest BCUT2D eigenvalue weighted by molar-refractivity contribution is 0.659. The fraction of sp³-hybridized carbons (Fsp3) is 0.167. The maximum atomic E-state index is 12.5. The molecule has 0 saturated carbocycles. The van der Waals surface area contributed by atoms with Crippen LogP contribution in [0.5, 0.6) is 0 Å². The first-order chi connectivity index (χ1) is 6.18. The standard InChI is InChI=1S/C12H13F/c1-10(2)4-3-5-11-6-8-12(13)9-7-11/h3-6,8-9H,1,7H2,2H3/b4-3-,11-5-. The predicted octanol–water partition coefficient (Wildman–Crippen LogP) is 3.86. The summed E-state index contributed by atoms with van der Waals surface area (Å²) in [5.41, 5.74) is 2.12. The van der Waals surface area contributed by atoms with Crippen LogP contribution in [-0.2, 0) is 0 Å². The highest BCUT2D eigenvalue weighted by Crippen LogP contribution is 2.15. The third-order valence-corrected chi connectivity index (χ3v) is 1.68. The summed E-state index contributed by atoms with van der Waals surface area (Å²) in [6.45, 7) is 5.68. The molecule has 0 N–H and O–H groups in total. The van der Waals surface area contributed by atoms with Gasteiger partial charge < -0.3 is 0 Å². The molecule has 0 heterocycles. The highest BCUT2D eigenvalue weighted by atomic mass is 19.1. The molecule has 0 fully saturated rings. The zero-order chi connectivity index (χ0) is 9.68. The van der Waals surface area contributed by atoms with Crippen molar-refractivity contribution in [2.24, 2.45) is 0 Å².